The van der Waals surface area contributed by atoms with Gasteiger partial charge >= 0.3 is 23.9 Å². The molecule has 0 heterocycles. The molecule has 2 unspecified atom stereocenters. The first kappa shape index (κ1) is 72.0. The summed E-state index contributed by atoms with van der Waals surface area (Å²) in [6, 6.07) is 0. The number of amides is 2. The van der Waals surface area contributed by atoms with E-state index in [1.165, 1.54) is 0 Å². The minimum atomic E-state index is -1.10. The number of rotatable bonds is 36. The van der Waals surface area contributed by atoms with Crippen LogP contribution in [-0.2, 0) is 57.3 Å². The standard InChI is InChI=1S/C26H49N3O7S.C13H24N2O3S.C11H19NO4/c1-8-26(3,25(34)36-19-17-29(6,7)15-11-23(31)32)12-9-21(2)24(33)35-18-16-28(4,5)14-10-22(30)27-13-20-37;1-11(2)13(17)18-9-8-15(3,4)7-5-12(16)14-6-10-19;1-9(2)11(15)16-8-7-12(3,4)6-5-10(13)14/h21H,8-20H2,1-7H3,(H-2,27,30,31,32,37);1,5-10H2,2-4H3,(H-,14,16,19);1,5-8H2,2-4H3/p+2. The van der Waals surface area contributed by atoms with E-state index in [1.807, 2.05) is 70.2 Å². The fourth-order valence-electron chi connectivity index (χ4n) is 5.80. The summed E-state index contributed by atoms with van der Waals surface area (Å²) in [6.45, 7) is 22.4. The molecule has 72 heavy (non-hydrogen) atoms. The van der Waals surface area contributed by atoms with Crippen molar-refractivity contribution in [2.24, 2.45) is 11.3 Å². The van der Waals surface area contributed by atoms with E-state index in [4.69, 9.17) is 18.9 Å². The highest BCUT2D eigenvalue weighted by molar-refractivity contribution is 7.80. The van der Waals surface area contributed by atoms with Crippen LogP contribution in [0.4, 0.5) is 0 Å². The molecule has 2 N–H and O–H groups in total. The van der Waals surface area contributed by atoms with Crippen molar-refractivity contribution >= 4 is 72.9 Å². The predicted octanol–water partition coefficient (Wildman–Crippen LogP) is 0.575. The molecule has 22 heteroatoms. The molecule has 2 atom stereocenters. The second-order valence-electron chi connectivity index (χ2n) is 20.9. The Hall–Kier alpha value is -4.22. The number of carboxylic acids is 2. The number of carbonyl (C=O) groups is 8. The second-order valence-corrected chi connectivity index (χ2v) is 21.8. The fraction of sp³-hybridized carbons (Fsp3) is 0.760. The van der Waals surface area contributed by atoms with Crippen molar-refractivity contribution in [1.82, 2.24) is 10.6 Å². The van der Waals surface area contributed by atoms with Crippen molar-refractivity contribution < 1.29 is 85.4 Å². The summed E-state index contributed by atoms with van der Waals surface area (Å²) in [6.07, 6.45) is 2.36. The summed E-state index contributed by atoms with van der Waals surface area (Å²) in [4.78, 5) is 91.9. The lowest BCUT2D eigenvalue weighted by atomic mass is 9.81. The number of quaternary nitrogens is 4. The van der Waals surface area contributed by atoms with Crippen LogP contribution in [-0.4, -0.2) is 225 Å². The Morgan fingerprint density at radius 1 is 0.556 bits per heavy atom. The molecule has 0 saturated carbocycles. The van der Waals surface area contributed by atoms with E-state index in [-0.39, 0.29) is 68.3 Å². The van der Waals surface area contributed by atoms with Crippen LogP contribution >= 0.6 is 25.3 Å². The van der Waals surface area contributed by atoms with E-state index in [1.54, 1.807) is 20.8 Å². The van der Waals surface area contributed by atoms with Crippen LogP contribution in [0.15, 0.2) is 24.3 Å². The Labute approximate surface area is 442 Å². The molecule has 0 aliphatic carbocycles. The highest BCUT2D eigenvalue weighted by Gasteiger charge is 2.35. The van der Waals surface area contributed by atoms with E-state index in [0.717, 1.165) is 0 Å². The van der Waals surface area contributed by atoms with E-state index in [0.29, 0.717) is 145 Å². The van der Waals surface area contributed by atoms with Gasteiger partial charge in [-0.25, -0.2) is 9.59 Å². The van der Waals surface area contributed by atoms with Gasteiger partial charge in [-0.2, -0.15) is 25.3 Å². The molecular formula is C50H94N6O14S2+2. The summed E-state index contributed by atoms with van der Waals surface area (Å²) in [5.41, 5.74) is 0.0415. The predicted molar refractivity (Wildman–Crippen MR) is 280 cm³/mol. The summed E-state index contributed by atoms with van der Waals surface area (Å²) >= 11 is 8.10. The molecule has 0 bridgehead atoms. The average Bonchev–Trinajstić information content (AvgIpc) is 3.29. The summed E-state index contributed by atoms with van der Waals surface area (Å²) in [7, 11) is 15.5. The zero-order valence-electron chi connectivity index (χ0n) is 46.2. The number of hydrogen-bond donors (Lipinski definition) is 4. The molecule has 0 radical (unpaired) electrons. The number of nitrogens with one attached hydrogen (secondary N) is 2. The minimum absolute atomic E-state index is 0.00142. The molecule has 0 fully saturated rings. The largest absolute Gasteiger partial charge is 0.550 e. The number of thiol groups is 2. The second kappa shape index (κ2) is 37.5. The molecule has 0 aromatic carbocycles. The molecule has 0 aliphatic rings. The van der Waals surface area contributed by atoms with Gasteiger partial charge in [0.2, 0.25) is 11.8 Å². The summed E-state index contributed by atoms with van der Waals surface area (Å²) in [5, 5.41) is 26.6. The van der Waals surface area contributed by atoms with Crippen LogP contribution in [0.2, 0.25) is 0 Å². The van der Waals surface area contributed by atoms with Gasteiger partial charge < -0.3 is 67.3 Å². The molecule has 0 saturated heterocycles. The molecule has 0 aliphatic heterocycles. The number of nitrogens with zero attached hydrogens (tertiary/aromatic N) is 4. The first-order chi connectivity index (χ1) is 33.1. The number of carboxylic acid groups (broad SMARTS) is 2. The lowest BCUT2D eigenvalue weighted by Crippen LogP contribution is -2.45. The molecule has 418 valence electrons. The van der Waals surface area contributed by atoms with Crippen molar-refractivity contribution in [3.05, 3.63) is 24.3 Å². The quantitative estimate of drug-likeness (QED) is 0.0221. The van der Waals surface area contributed by atoms with Crippen LogP contribution < -0.4 is 20.8 Å². The van der Waals surface area contributed by atoms with Gasteiger partial charge in [-0.1, -0.05) is 27.0 Å². The Morgan fingerprint density at radius 3 is 1.18 bits per heavy atom. The van der Waals surface area contributed by atoms with Gasteiger partial charge in [0.1, 0.15) is 52.6 Å². The molecular weight excluding hydrogens is 973 g/mol. The van der Waals surface area contributed by atoms with Crippen LogP contribution in [0, 0.1) is 11.3 Å². The minimum Gasteiger partial charge on any atom is -0.550 e. The van der Waals surface area contributed by atoms with Crippen LogP contribution in [0.5, 0.6) is 0 Å². The molecule has 0 aromatic rings. The molecule has 0 rings (SSSR count). The van der Waals surface area contributed by atoms with Gasteiger partial charge in [0.05, 0.1) is 107 Å². The van der Waals surface area contributed by atoms with Gasteiger partial charge in [-0.05, 0) is 40.0 Å². The molecule has 2 amide bonds. The van der Waals surface area contributed by atoms with Crippen molar-refractivity contribution in [2.75, 3.05) is 160 Å². The number of aliphatic carboxylic acids is 2. The van der Waals surface area contributed by atoms with Crippen LogP contribution in [0.1, 0.15) is 79.6 Å². The van der Waals surface area contributed by atoms with Crippen molar-refractivity contribution in [1.29, 1.82) is 0 Å². The van der Waals surface area contributed by atoms with Gasteiger partial charge in [0.25, 0.3) is 0 Å². The maximum absolute atomic E-state index is 12.8. The average molecular weight is 1070 g/mol. The van der Waals surface area contributed by atoms with E-state index >= 15 is 0 Å². The van der Waals surface area contributed by atoms with Crippen molar-refractivity contribution in [3.63, 3.8) is 0 Å². The number of ether oxygens (including phenoxy) is 4. The SMILES string of the molecule is C=C(C)C(=O)OCC[N+](C)(C)CCC(=O)NCCS.C=C(C)C(=O)OCC[N+](C)(C)CCC(=O)[O-].CCC(C)(CCC(C)C(=O)OCC[N+](C)(C)CCC(=O)NCCS)C(=O)OCC[N+](C)(C)CCC(=O)[O-]. The van der Waals surface area contributed by atoms with Crippen molar-refractivity contribution in [2.45, 2.75) is 79.6 Å². The Morgan fingerprint density at radius 2 is 0.875 bits per heavy atom. The van der Waals surface area contributed by atoms with Gasteiger partial charge in [-0.3, -0.25) is 19.2 Å². The maximum atomic E-state index is 12.8. The fourth-order valence-corrected chi connectivity index (χ4v) is 6.02. The number of esters is 4. The Balaban J connectivity index is -0.00000113. The van der Waals surface area contributed by atoms with E-state index < -0.39 is 23.3 Å². The smallest absolute Gasteiger partial charge is 0.333 e. The van der Waals surface area contributed by atoms with Gasteiger partial charge in [-0.15, -0.1) is 0 Å². The van der Waals surface area contributed by atoms with Crippen LogP contribution in [0.3, 0.4) is 0 Å². The zero-order valence-corrected chi connectivity index (χ0v) is 47.9. The monoisotopic (exact) mass is 1070 g/mol. The normalized spacial score (nSPS) is 12.7. The van der Waals surface area contributed by atoms with Crippen molar-refractivity contribution in [3.8, 4) is 0 Å². The summed E-state index contributed by atoms with van der Waals surface area (Å²) < 4.78 is 23.0. The van der Waals surface area contributed by atoms with Gasteiger partial charge in [0.15, 0.2) is 0 Å². The maximum Gasteiger partial charge on any atom is 0.333 e. The third kappa shape index (κ3) is 40.3. The Bertz CT molecular complexity index is 1730. The molecule has 20 nitrogen and oxygen atoms in total. The third-order valence-corrected chi connectivity index (χ3v) is 12.3. The highest BCUT2D eigenvalue weighted by Crippen LogP contribution is 2.31. The third-order valence-electron chi connectivity index (χ3n) is 11.8. The van der Waals surface area contributed by atoms with E-state index in [9.17, 15) is 48.6 Å². The lowest BCUT2D eigenvalue weighted by Gasteiger charge is -2.31. The number of likely N-dealkylation sites (N-methyl/N-ethyl adjacent to an activating group) is 4. The number of carbonyl (C=O) groups excluding carboxylic acids is 8. The number of hydrogen-bond acceptors (Lipinski definition) is 16. The topological polar surface area (TPSA) is 244 Å². The molecule has 0 aromatic heterocycles. The summed E-state index contributed by atoms with van der Waals surface area (Å²) in [5.74, 6) is -2.66. The van der Waals surface area contributed by atoms with E-state index in [2.05, 4.69) is 49.0 Å². The first-order valence-electron chi connectivity index (χ1n) is 24.5. The zero-order chi connectivity index (χ0) is 56.4. The Kier molecular flexibility index (Phi) is 37.5. The first-order valence-corrected chi connectivity index (χ1v) is 25.8. The van der Waals surface area contributed by atoms with Gasteiger partial charge in [0, 0.05) is 60.5 Å². The lowest BCUT2D eigenvalue weighted by molar-refractivity contribution is -0.890. The molecule has 0 spiro atoms. The van der Waals surface area contributed by atoms with Crippen LogP contribution in [0.25, 0.3) is 0 Å². The highest BCUT2D eigenvalue weighted by atomic mass is 32.1.